The highest BCUT2D eigenvalue weighted by atomic mass is 16.3. The Labute approximate surface area is 91.8 Å². The van der Waals surface area contributed by atoms with E-state index in [-0.39, 0.29) is 17.4 Å². The van der Waals surface area contributed by atoms with Crippen LogP contribution in [0.4, 0.5) is 0 Å². The predicted octanol–water partition coefficient (Wildman–Crippen LogP) is 1.57. The van der Waals surface area contributed by atoms with E-state index in [1.807, 2.05) is 6.92 Å². The van der Waals surface area contributed by atoms with E-state index in [0.29, 0.717) is 19.5 Å². The topological polar surface area (TPSA) is 40.5 Å². The van der Waals surface area contributed by atoms with E-state index in [1.54, 1.807) is 11.0 Å². The quantitative estimate of drug-likeness (QED) is 0.669. The van der Waals surface area contributed by atoms with Crippen LogP contribution in [0.25, 0.3) is 0 Å². The molecule has 1 heterocycles. The molecule has 3 nitrogen and oxygen atoms in total. The van der Waals surface area contributed by atoms with Gasteiger partial charge >= 0.3 is 0 Å². The molecule has 1 rings (SSSR count). The number of likely N-dealkylation sites (tertiary alicyclic amines) is 1. The summed E-state index contributed by atoms with van der Waals surface area (Å²) >= 11 is 0. The van der Waals surface area contributed by atoms with Gasteiger partial charge in [-0.3, -0.25) is 4.79 Å². The molecule has 0 aromatic rings. The summed E-state index contributed by atoms with van der Waals surface area (Å²) in [6.07, 6.45) is 2.06. The number of β-amino-alcohol motifs (C(OH)–C–C–N with tert-alkyl or cyclic N) is 1. The average Bonchev–Trinajstić information content (AvgIpc) is 2.50. The number of hydrogen-bond donors (Lipinski definition) is 1. The summed E-state index contributed by atoms with van der Waals surface area (Å²) < 4.78 is 0. The molecule has 1 aliphatic rings. The van der Waals surface area contributed by atoms with Crippen LogP contribution in [0.2, 0.25) is 0 Å². The van der Waals surface area contributed by atoms with Gasteiger partial charge in [-0.2, -0.15) is 0 Å². The summed E-state index contributed by atoms with van der Waals surface area (Å²) in [5.41, 5.74) is 1.11. The normalized spacial score (nSPS) is 23.4. The predicted molar refractivity (Wildman–Crippen MR) is 60.4 cm³/mol. The van der Waals surface area contributed by atoms with Crippen molar-refractivity contribution in [2.24, 2.45) is 5.41 Å². The Morgan fingerprint density at radius 1 is 1.47 bits per heavy atom. The van der Waals surface area contributed by atoms with Gasteiger partial charge in [-0.1, -0.05) is 26.3 Å². The molecule has 0 unspecified atom stereocenters. The molecule has 0 aromatic heterocycles. The third-order valence-electron chi connectivity index (χ3n) is 3.00. The molecule has 1 atom stereocenters. The third kappa shape index (κ3) is 3.34. The van der Waals surface area contributed by atoms with Gasteiger partial charge in [0.2, 0.25) is 5.91 Å². The minimum atomic E-state index is -0.336. The van der Waals surface area contributed by atoms with E-state index >= 15 is 0 Å². The highest BCUT2D eigenvalue weighted by molar-refractivity contribution is 5.88. The Morgan fingerprint density at radius 3 is 2.47 bits per heavy atom. The van der Waals surface area contributed by atoms with Crippen LogP contribution < -0.4 is 0 Å². The molecule has 0 saturated carbocycles. The molecule has 0 aliphatic carbocycles. The molecule has 86 valence electrons. The smallest absolute Gasteiger partial charge is 0.246 e. The molecule has 1 amide bonds. The van der Waals surface area contributed by atoms with Gasteiger partial charge < -0.3 is 10.0 Å². The van der Waals surface area contributed by atoms with E-state index in [1.165, 1.54) is 0 Å². The van der Waals surface area contributed by atoms with E-state index in [4.69, 9.17) is 0 Å². The molecule has 0 radical (unpaired) electrons. The largest absolute Gasteiger partial charge is 0.391 e. The van der Waals surface area contributed by atoms with Crippen molar-refractivity contribution in [3.8, 4) is 0 Å². The van der Waals surface area contributed by atoms with Gasteiger partial charge in [-0.25, -0.2) is 0 Å². The number of allylic oxidation sites excluding steroid dienone is 1. The second-order valence-electron chi connectivity index (χ2n) is 5.30. The number of carbonyl (C=O) groups is 1. The van der Waals surface area contributed by atoms with Gasteiger partial charge in [0.05, 0.1) is 6.10 Å². The van der Waals surface area contributed by atoms with Gasteiger partial charge in [0.25, 0.3) is 0 Å². The third-order valence-corrected chi connectivity index (χ3v) is 3.00. The maximum Gasteiger partial charge on any atom is 0.246 e. The van der Waals surface area contributed by atoms with Gasteiger partial charge in [0, 0.05) is 19.2 Å². The zero-order valence-electron chi connectivity index (χ0n) is 10.1. The van der Waals surface area contributed by atoms with Gasteiger partial charge in [-0.05, 0) is 18.8 Å². The Bertz CT molecular complexity index is 276. The van der Waals surface area contributed by atoms with Crippen LogP contribution >= 0.6 is 0 Å². The monoisotopic (exact) mass is 211 g/mol. The van der Waals surface area contributed by atoms with Crippen molar-refractivity contribution >= 4 is 5.91 Å². The average molecular weight is 211 g/mol. The van der Waals surface area contributed by atoms with Crippen LogP contribution in [0.1, 0.15) is 34.1 Å². The molecule has 1 aliphatic heterocycles. The van der Waals surface area contributed by atoms with Gasteiger partial charge in [0.1, 0.15) is 0 Å². The first kappa shape index (κ1) is 12.2. The summed E-state index contributed by atoms with van der Waals surface area (Å²) in [6.45, 7) is 9.39. The van der Waals surface area contributed by atoms with Crippen LogP contribution in [0.15, 0.2) is 11.6 Å². The molecule has 0 bridgehead atoms. The van der Waals surface area contributed by atoms with Crippen LogP contribution in [0.5, 0.6) is 0 Å². The minimum Gasteiger partial charge on any atom is -0.391 e. The summed E-state index contributed by atoms with van der Waals surface area (Å²) in [7, 11) is 0. The van der Waals surface area contributed by atoms with Gasteiger partial charge in [-0.15, -0.1) is 0 Å². The molecule has 1 saturated heterocycles. The SMILES string of the molecule is CC(=CC(=O)N1CC[C@@H](O)C1)C(C)(C)C. The maximum atomic E-state index is 11.8. The fourth-order valence-corrected chi connectivity index (χ4v) is 1.44. The number of aliphatic hydroxyl groups excluding tert-OH is 1. The highest BCUT2D eigenvalue weighted by Crippen LogP contribution is 2.24. The standard InChI is InChI=1S/C12H21NO2/c1-9(12(2,3)4)7-11(15)13-6-5-10(14)8-13/h7,10,14H,5-6,8H2,1-4H3/t10-/m1/s1. The zero-order valence-corrected chi connectivity index (χ0v) is 10.1. The molecule has 3 heteroatoms. The van der Waals surface area contributed by atoms with Crippen LogP contribution in [0, 0.1) is 5.41 Å². The minimum absolute atomic E-state index is 0.0268. The number of hydrogen-bond acceptors (Lipinski definition) is 2. The van der Waals surface area contributed by atoms with Crippen molar-refractivity contribution in [3.05, 3.63) is 11.6 Å². The molecule has 0 spiro atoms. The first-order valence-corrected chi connectivity index (χ1v) is 5.46. The fraction of sp³-hybridized carbons (Fsp3) is 0.750. The Balaban J connectivity index is 2.63. The lowest BCUT2D eigenvalue weighted by molar-refractivity contribution is -0.125. The van der Waals surface area contributed by atoms with Crippen molar-refractivity contribution in [1.82, 2.24) is 4.90 Å². The van der Waals surface area contributed by atoms with Crippen molar-refractivity contribution in [2.75, 3.05) is 13.1 Å². The summed E-state index contributed by atoms with van der Waals surface area (Å²) in [5.74, 6) is 0.0268. The molecular weight excluding hydrogens is 190 g/mol. The van der Waals surface area contributed by atoms with E-state index in [9.17, 15) is 9.90 Å². The summed E-state index contributed by atoms with van der Waals surface area (Å²) in [5, 5.41) is 9.33. The van der Waals surface area contributed by atoms with Crippen molar-refractivity contribution in [3.63, 3.8) is 0 Å². The second kappa shape index (κ2) is 4.35. The summed E-state index contributed by atoms with van der Waals surface area (Å²) in [4.78, 5) is 13.5. The molecule has 1 N–H and O–H groups in total. The lowest BCUT2D eigenvalue weighted by atomic mass is 9.87. The van der Waals surface area contributed by atoms with E-state index in [2.05, 4.69) is 20.8 Å². The lowest BCUT2D eigenvalue weighted by Crippen LogP contribution is -2.28. The van der Waals surface area contributed by atoms with Crippen molar-refractivity contribution in [1.29, 1.82) is 0 Å². The van der Waals surface area contributed by atoms with Gasteiger partial charge in [0.15, 0.2) is 0 Å². The molecule has 1 fully saturated rings. The Kier molecular flexibility index (Phi) is 3.55. The number of aliphatic hydroxyl groups is 1. The molecule has 0 aromatic carbocycles. The highest BCUT2D eigenvalue weighted by Gasteiger charge is 2.24. The zero-order chi connectivity index (χ0) is 11.6. The van der Waals surface area contributed by atoms with Crippen LogP contribution in [-0.2, 0) is 4.79 Å². The molecular formula is C12H21NO2. The van der Waals surface area contributed by atoms with Crippen LogP contribution in [0.3, 0.4) is 0 Å². The van der Waals surface area contributed by atoms with E-state index < -0.39 is 0 Å². The first-order chi connectivity index (χ1) is 6.80. The maximum absolute atomic E-state index is 11.8. The fourth-order valence-electron chi connectivity index (χ4n) is 1.44. The number of rotatable bonds is 1. The Hall–Kier alpha value is -0.830. The summed E-state index contributed by atoms with van der Waals surface area (Å²) in [6, 6.07) is 0. The van der Waals surface area contributed by atoms with E-state index in [0.717, 1.165) is 5.57 Å². The van der Waals surface area contributed by atoms with Crippen molar-refractivity contribution < 1.29 is 9.90 Å². The Morgan fingerprint density at radius 2 is 2.07 bits per heavy atom. The number of amides is 1. The second-order valence-corrected chi connectivity index (χ2v) is 5.30. The molecule has 15 heavy (non-hydrogen) atoms. The van der Waals surface area contributed by atoms with Crippen molar-refractivity contribution in [2.45, 2.75) is 40.2 Å². The first-order valence-electron chi connectivity index (χ1n) is 5.46. The lowest BCUT2D eigenvalue weighted by Gasteiger charge is -2.21. The van der Waals surface area contributed by atoms with Crippen LogP contribution in [-0.4, -0.2) is 35.1 Å². The number of nitrogens with zero attached hydrogens (tertiary/aromatic N) is 1. The number of carbonyl (C=O) groups excluding carboxylic acids is 1.